The third kappa shape index (κ3) is 3.35. The molecule has 3 N–H and O–H groups in total. The molecule has 0 heterocycles. The second-order valence-corrected chi connectivity index (χ2v) is 6.69. The Balaban J connectivity index is 1.77. The second kappa shape index (κ2) is 6.03. The molecule has 5 nitrogen and oxygen atoms in total. The van der Waals surface area contributed by atoms with E-state index in [1.165, 1.54) is 0 Å². The summed E-state index contributed by atoms with van der Waals surface area (Å²) in [6.07, 6.45) is 8.28. The number of thioether (sulfide) groups is 1. The summed E-state index contributed by atoms with van der Waals surface area (Å²) in [7, 11) is 0. The van der Waals surface area contributed by atoms with Gasteiger partial charge in [-0.05, 0) is 51.2 Å². The van der Waals surface area contributed by atoms with E-state index in [1.54, 1.807) is 0 Å². The summed E-state index contributed by atoms with van der Waals surface area (Å²) in [6.45, 7) is 0. The van der Waals surface area contributed by atoms with Crippen molar-refractivity contribution in [3.8, 4) is 0 Å². The summed E-state index contributed by atoms with van der Waals surface area (Å²) in [5.74, 6) is -0.917. The Morgan fingerprint density at radius 2 is 1.84 bits per heavy atom. The van der Waals surface area contributed by atoms with Crippen molar-refractivity contribution in [1.29, 1.82) is 0 Å². The minimum atomic E-state index is -1.01. The van der Waals surface area contributed by atoms with Crippen LogP contribution in [-0.4, -0.2) is 40.2 Å². The maximum Gasteiger partial charge on any atom is 0.329 e. The first kappa shape index (κ1) is 14.5. The van der Waals surface area contributed by atoms with Crippen LogP contribution in [0.3, 0.4) is 0 Å². The number of hydrogen-bond donors (Lipinski definition) is 3. The van der Waals surface area contributed by atoms with Crippen LogP contribution in [0.4, 0.5) is 4.79 Å². The predicted octanol–water partition coefficient (Wildman–Crippen LogP) is 1.97. The Kier molecular flexibility index (Phi) is 4.60. The maximum atomic E-state index is 11.9. The molecule has 2 amide bonds. The number of carboxylic acids is 1. The molecule has 0 saturated heterocycles. The minimum absolute atomic E-state index is 0.189. The summed E-state index contributed by atoms with van der Waals surface area (Å²) in [4.78, 5) is 23.1. The first-order chi connectivity index (χ1) is 9.05. The number of nitrogens with one attached hydrogen (secondary N) is 2. The Morgan fingerprint density at radius 3 is 2.26 bits per heavy atom. The van der Waals surface area contributed by atoms with E-state index in [2.05, 4.69) is 16.9 Å². The van der Waals surface area contributed by atoms with E-state index in [-0.39, 0.29) is 12.1 Å². The second-order valence-electron chi connectivity index (χ2n) is 5.55. The van der Waals surface area contributed by atoms with Crippen LogP contribution in [0.2, 0.25) is 0 Å². The van der Waals surface area contributed by atoms with Crippen LogP contribution in [0.15, 0.2) is 0 Å². The molecular weight excluding hydrogens is 264 g/mol. The largest absolute Gasteiger partial charge is 0.480 e. The lowest BCUT2D eigenvalue weighted by Gasteiger charge is -2.39. The average Bonchev–Trinajstić information content (AvgIpc) is 2.34. The van der Waals surface area contributed by atoms with E-state index in [1.807, 2.05) is 11.8 Å². The molecular formula is C13H22N2O3S. The summed E-state index contributed by atoms with van der Waals surface area (Å²) in [5.41, 5.74) is -1.01. The number of aliphatic carboxylic acids is 1. The molecule has 0 aromatic carbocycles. The maximum absolute atomic E-state index is 11.9. The number of urea groups is 1. The quantitative estimate of drug-likeness (QED) is 0.738. The summed E-state index contributed by atoms with van der Waals surface area (Å²) in [6, 6.07) is -0.135. The normalized spacial score (nSPS) is 29.1. The van der Waals surface area contributed by atoms with Crippen LogP contribution in [-0.2, 0) is 4.79 Å². The van der Waals surface area contributed by atoms with Crippen molar-refractivity contribution in [1.82, 2.24) is 10.6 Å². The monoisotopic (exact) mass is 286 g/mol. The van der Waals surface area contributed by atoms with Gasteiger partial charge in [0.1, 0.15) is 5.54 Å². The highest BCUT2D eigenvalue weighted by atomic mass is 32.2. The summed E-state index contributed by atoms with van der Waals surface area (Å²) in [5, 5.41) is 15.4. The van der Waals surface area contributed by atoms with Gasteiger partial charge in [0.2, 0.25) is 0 Å². The summed E-state index contributed by atoms with van der Waals surface area (Å²) >= 11 is 1.89. The van der Waals surface area contributed by atoms with Gasteiger partial charge in [-0.25, -0.2) is 9.59 Å². The number of amides is 2. The van der Waals surface area contributed by atoms with Crippen molar-refractivity contribution >= 4 is 23.8 Å². The molecule has 0 radical (unpaired) electrons. The summed E-state index contributed by atoms with van der Waals surface area (Å²) < 4.78 is 0. The van der Waals surface area contributed by atoms with E-state index in [4.69, 9.17) is 5.11 Å². The Morgan fingerprint density at radius 1 is 1.21 bits per heavy atom. The minimum Gasteiger partial charge on any atom is -0.480 e. The molecule has 2 fully saturated rings. The first-order valence-electron chi connectivity index (χ1n) is 6.90. The molecule has 2 rings (SSSR count). The lowest BCUT2D eigenvalue weighted by Crippen LogP contribution is -2.62. The molecule has 0 atom stereocenters. The van der Waals surface area contributed by atoms with Crippen LogP contribution in [0, 0.1) is 0 Å². The zero-order valence-electron chi connectivity index (χ0n) is 11.3. The number of hydrogen-bond acceptors (Lipinski definition) is 3. The molecule has 19 heavy (non-hydrogen) atoms. The first-order valence-corrected chi connectivity index (χ1v) is 8.19. The molecule has 0 aromatic heterocycles. The topological polar surface area (TPSA) is 78.4 Å². The standard InChI is InChI=1S/C13H22N2O3S/c1-19-10-5-3-9(4-6-10)14-12(18)15-13(11(16)17)7-2-8-13/h9-10H,2-8H2,1H3,(H,16,17)(H2,14,15,18). The molecule has 0 bridgehead atoms. The number of rotatable bonds is 4. The van der Waals surface area contributed by atoms with Gasteiger partial charge in [-0.3, -0.25) is 0 Å². The molecule has 0 aromatic rings. The van der Waals surface area contributed by atoms with Gasteiger partial charge in [-0.2, -0.15) is 11.8 Å². The van der Waals surface area contributed by atoms with Crippen molar-refractivity contribution in [2.75, 3.05) is 6.26 Å². The number of carbonyl (C=O) groups is 2. The molecule has 6 heteroatoms. The highest BCUT2D eigenvalue weighted by Crippen LogP contribution is 2.32. The van der Waals surface area contributed by atoms with Gasteiger partial charge in [0, 0.05) is 11.3 Å². The van der Waals surface area contributed by atoms with E-state index in [0.29, 0.717) is 18.1 Å². The van der Waals surface area contributed by atoms with Crippen molar-refractivity contribution in [3.05, 3.63) is 0 Å². The Bertz CT molecular complexity index is 350. The Hall–Kier alpha value is -0.910. The molecule has 2 aliphatic carbocycles. The van der Waals surface area contributed by atoms with E-state index in [9.17, 15) is 9.59 Å². The van der Waals surface area contributed by atoms with Gasteiger partial charge in [-0.15, -0.1) is 0 Å². The van der Waals surface area contributed by atoms with Gasteiger partial charge in [0.15, 0.2) is 0 Å². The number of carboxylic acid groups (broad SMARTS) is 1. The zero-order chi connectivity index (χ0) is 13.9. The van der Waals surface area contributed by atoms with Crippen molar-refractivity contribution in [2.45, 2.75) is 61.8 Å². The van der Waals surface area contributed by atoms with Gasteiger partial charge in [-0.1, -0.05) is 0 Å². The fraction of sp³-hybridized carbons (Fsp3) is 0.846. The van der Waals surface area contributed by atoms with E-state index < -0.39 is 11.5 Å². The van der Waals surface area contributed by atoms with Crippen LogP contribution in [0.5, 0.6) is 0 Å². The van der Waals surface area contributed by atoms with Crippen LogP contribution >= 0.6 is 11.8 Å². The van der Waals surface area contributed by atoms with Crippen LogP contribution in [0.1, 0.15) is 44.9 Å². The number of carbonyl (C=O) groups excluding carboxylic acids is 1. The molecule has 0 spiro atoms. The fourth-order valence-corrected chi connectivity index (χ4v) is 3.55. The molecule has 2 saturated carbocycles. The highest BCUT2D eigenvalue weighted by Gasteiger charge is 2.45. The van der Waals surface area contributed by atoms with Gasteiger partial charge in [0.05, 0.1) is 0 Å². The van der Waals surface area contributed by atoms with Crippen molar-refractivity contribution < 1.29 is 14.7 Å². The molecule has 0 unspecified atom stereocenters. The average molecular weight is 286 g/mol. The Labute approximate surface area is 117 Å². The van der Waals surface area contributed by atoms with Crippen LogP contribution < -0.4 is 10.6 Å². The fourth-order valence-electron chi connectivity index (χ4n) is 2.80. The molecule has 2 aliphatic rings. The van der Waals surface area contributed by atoms with Gasteiger partial charge >= 0.3 is 12.0 Å². The van der Waals surface area contributed by atoms with E-state index >= 15 is 0 Å². The molecule has 0 aliphatic heterocycles. The zero-order valence-corrected chi connectivity index (χ0v) is 12.1. The lowest BCUT2D eigenvalue weighted by atomic mass is 9.77. The predicted molar refractivity (Wildman–Crippen MR) is 75.4 cm³/mol. The lowest BCUT2D eigenvalue weighted by molar-refractivity contribution is -0.148. The highest BCUT2D eigenvalue weighted by molar-refractivity contribution is 7.99. The van der Waals surface area contributed by atoms with Gasteiger partial charge in [0.25, 0.3) is 0 Å². The SMILES string of the molecule is CSC1CCC(NC(=O)NC2(C(=O)O)CCC2)CC1. The third-order valence-corrected chi connectivity index (χ3v) is 5.45. The van der Waals surface area contributed by atoms with Crippen molar-refractivity contribution in [3.63, 3.8) is 0 Å². The van der Waals surface area contributed by atoms with Gasteiger partial charge < -0.3 is 15.7 Å². The molecule has 108 valence electrons. The van der Waals surface area contributed by atoms with Crippen molar-refractivity contribution in [2.24, 2.45) is 0 Å². The van der Waals surface area contributed by atoms with Crippen LogP contribution in [0.25, 0.3) is 0 Å². The third-order valence-electron chi connectivity index (χ3n) is 4.31. The van der Waals surface area contributed by atoms with E-state index in [0.717, 1.165) is 32.1 Å². The smallest absolute Gasteiger partial charge is 0.329 e.